The van der Waals surface area contributed by atoms with Gasteiger partial charge < -0.3 is 29.9 Å². The molecule has 0 spiro atoms. The Hall–Kier alpha value is -4.15. The standard InChI is InChI=1S/C33H37ClF2N6O2/c1-21(2)43-29-12-8-6-10-25(29)24-9-5-7-11-27(24)38-31-26(34)20-37-33(40-31)39-28-14-13-23(19-30(28)44-32(35)36)42-17-15-22(16-18-42)41(3)4/h5-14,19-22,32H,15-18H2,1-4H3,(H2,37,38,39,40). The summed E-state index contributed by atoms with van der Waals surface area (Å²) in [6.45, 7) is 2.63. The lowest BCUT2D eigenvalue weighted by molar-refractivity contribution is -0.0493. The maximum absolute atomic E-state index is 13.5. The van der Waals surface area contributed by atoms with E-state index in [2.05, 4.69) is 44.5 Å². The van der Waals surface area contributed by atoms with E-state index in [1.807, 2.05) is 68.4 Å². The van der Waals surface area contributed by atoms with Crippen LogP contribution in [0.25, 0.3) is 11.1 Å². The number of hydrogen-bond acceptors (Lipinski definition) is 8. The summed E-state index contributed by atoms with van der Waals surface area (Å²) >= 11 is 6.51. The second kappa shape index (κ2) is 14.1. The van der Waals surface area contributed by atoms with Crippen molar-refractivity contribution in [3.05, 3.63) is 77.9 Å². The number of anilines is 5. The SMILES string of the molecule is CC(C)Oc1ccccc1-c1ccccc1Nc1nc(Nc2ccc(N3CCC(N(C)C)CC3)cc2OC(F)F)ncc1Cl. The molecule has 0 saturated carbocycles. The minimum Gasteiger partial charge on any atom is -0.490 e. The smallest absolute Gasteiger partial charge is 0.387 e. The first-order valence-corrected chi connectivity index (χ1v) is 15.0. The number of aromatic nitrogens is 2. The minimum atomic E-state index is -2.99. The van der Waals surface area contributed by atoms with E-state index in [0.717, 1.165) is 54.2 Å². The van der Waals surface area contributed by atoms with Gasteiger partial charge in [0.25, 0.3) is 0 Å². The number of piperidine rings is 1. The zero-order valence-electron chi connectivity index (χ0n) is 25.2. The predicted molar refractivity (Wildman–Crippen MR) is 173 cm³/mol. The van der Waals surface area contributed by atoms with Crippen molar-refractivity contribution >= 4 is 40.4 Å². The Labute approximate surface area is 262 Å². The van der Waals surface area contributed by atoms with Crippen LogP contribution in [-0.2, 0) is 0 Å². The summed E-state index contributed by atoms with van der Waals surface area (Å²) in [7, 11) is 4.16. The van der Waals surface area contributed by atoms with Crippen molar-refractivity contribution < 1.29 is 18.3 Å². The summed E-state index contributed by atoms with van der Waals surface area (Å²) in [6.07, 6.45) is 3.44. The molecule has 1 aliphatic rings. The molecule has 0 amide bonds. The molecule has 1 aromatic heterocycles. The Morgan fingerprint density at radius 1 is 0.886 bits per heavy atom. The number of hydrogen-bond donors (Lipinski definition) is 2. The van der Waals surface area contributed by atoms with Crippen LogP contribution in [0.5, 0.6) is 11.5 Å². The van der Waals surface area contributed by atoms with E-state index in [0.29, 0.717) is 17.5 Å². The Balaban J connectivity index is 1.39. The first-order chi connectivity index (χ1) is 21.2. The van der Waals surface area contributed by atoms with Crippen LogP contribution in [0.15, 0.2) is 72.9 Å². The molecule has 0 radical (unpaired) electrons. The van der Waals surface area contributed by atoms with E-state index in [-0.39, 0.29) is 22.8 Å². The van der Waals surface area contributed by atoms with E-state index < -0.39 is 6.61 Å². The van der Waals surface area contributed by atoms with Crippen molar-refractivity contribution in [3.63, 3.8) is 0 Å². The number of nitrogens with one attached hydrogen (secondary N) is 2. The molecule has 0 bridgehead atoms. The van der Waals surface area contributed by atoms with Gasteiger partial charge in [-0.25, -0.2) is 4.98 Å². The Kier molecular flexibility index (Phi) is 10.0. The lowest BCUT2D eigenvalue weighted by atomic mass is 10.0. The number of rotatable bonds is 11. The topological polar surface area (TPSA) is 74.8 Å². The Morgan fingerprint density at radius 3 is 2.30 bits per heavy atom. The van der Waals surface area contributed by atoms with Gasteiger partial charge in [-0.1, -0.05) is 48.0 Å². The quantitative estimate of drug-likeness (QED) is 0.173. The number of halogens is 3. The van der Waals surface area contributed by atoms with Crippen LogP contribution in [0, 0.1) is 0 Å². The zero-order chi connectivity index (χ0) is 31.2. The maximum atomic E-state index is 13.5. The highest BCUT2D eigenvalue weighted by atomic mass is 35.5. The van der Waals surface area contributed by atoms with Gasteiger partial charge in [-0.15, -0.1) is 0 Å². The molecule has 8 nitrogen and oxygen atoms in total. The summed E-state index contributed by atoms with van der Waals surface area (Å²) < 4.78 is 37.9. The van der Waals surface area contributed by atoms with Crippen LogP contribution in [-0.4, -0.2) is 60.8 Å². The highest BCUT2D eigenvalue weighted by Crippen LogP contribution is 2.38. The molecule has 0 atom stereocenters. The van der Waals surface area contributed by atoms with Gasteiger partial charge in [0.1, 0.15) is 10.8 Å². The third-order valence-corrected chi connectivity index (χ3v) is 7.73. The molecule has 2 N–H and O–H groups in total. The van der Waals surface area contributed by atoms with Gasteiger partial charge in [0.15, 0.2) is 11.6 Å². The monoisotopic (exact) mass is 622 g/mol. The van der Waals surface area contributed by atoms with Gasteiger partial charge in [0.05, 0.1) is 18.0 Å². The van der Waals surface area contributed by atoms with Crippen molar-refractivity contribution in [2.75, 3.05) is 42.7 Å². The van der Waals surface area contributed by atoms with Gasteiger partial charge in [0, 0.05) is 47.7 Å². The molecule has 0 unspecified atom stereocenters. The van der Waals surface area contributed by atoms with Gasteiger partial charge in [-0.05, 0) is 65.0 Å². The van der Waals surface area contributed by atoms with Crippen molar-refractivity contribution in [2.45, 2.75) is 45.4 Å². The van der Waals surface area contributed by atoms with Gasteiger partial charge >= 0.3 is 6.61 Å². The number of benzene rings is 3. The molecule has 5 rings (SSSR count). The van der Waals surface area contributed by atoms with Gasteiger partial charge in [-0.2, -0.15) is 13.8 Å². The fourth-order valence-electron chi connectivity index (χ4n) is 5.28. The first kappa shape index (κ1) is 31.3. The lowest BCUT2D eigenvalue weighted by Crippen LogP contribution is -2.41. The van der Waals surface area contributed by atoms with Crippen LogP contribution < -0.4 is 25.0 Å². The Bertz CT molecular complexity index is 1560. The maximum Gasteiger partial charge on any atom is 0.387 e. The summed E-state index contributed by atoms with van der Waals surface area (Å²) in [6, 6.07) is 21.3. The number of nitrogens with zero attached hydrogens (tertiary/aromatic N) is 4. The van der Waals surface area contributed by atoms with E-state index >= 15 is 0 Å². The molecule has 0 aliphatic carbocycles. The van der Waals surface area contributed by atoms with Crippen LogP contribution in [0.1, 0.15) is 26.7 Å². The molecule has 232 valence electrons. The van der Waals surface area contributed by atoms with Crippen molar-refractivity contribution in [3.8, 4) is 22.6 Å². The molecule has 2 heterocycles. The molecule has 3 aromatic carbocycles. The second-order valence-corrected chi connectivity index (χ2v) is 11.5. The molecule has 44 heavy (non-hydrogen) atoms. The Morgan fingerprint density at radius 2 is 1.59 bits per heavy atom. The van der Waals surface area contributed by atoms with E-state index in [9.17, 15) is 8.78 Å². The van der Waals surface area contributed by atoms with Crippen LogP contribution in [0.4, 0.5) is 37.6 Å². The number of alkyl halides is 2. The molecule has 11 heteroatoms. The van der Waals surface area contributed by atoms with Crippen LogP contribution in [0.2, 0.25) is 5.02 Å². The average Bonchev–Trinajstić information content (AvgIpc) is 3.00. The van der Waals surface area contributed by atoms with Gasteiger partial charge in [0.2, 0.25) is 5.95 Å². The van der Waals surface area contributed by atoms with Crippen LogP contribution in [0.3, 0.4) is 0 Å². The summed E-state index contributed by atoms with van der Waals surface area (Å²) in [5.41, 5.74) is 3.69. The highest BCUT2D eigenvalue weighted by molar-refractivity contribution is 6.33. The molecular formula is C33H37ClF2N6O2. The minimum absolute atomic E-state index is 0.00417. The number of para-hydroxylation sites is 2. The molecule has 4 aromatic rings. The van der Waals surface area contributed by atoms with E-state index in [1.165, 1.54) is 6.20 Å². The van der Waals surface area contributed by atoms with Crippen molar-refractivity contribution in [2.24, 2.45) is 0 Å². The average molecular weight is 623 g/mol. The third kappa shape index (κ3) is 7.67. The molecular weight excluding hydrogens is 586 g/mol. The zero-order valence-corrected chi connectivity index (χ0v) is 26.0. The van der Waals surface area contributed by atoms with Gasteiger partial charge in [-0.3, -0.25) is 0 Å². The first-order valence-electron chi connectivity index (χ1n) is 14.6. The van der Waals surface area contributed by atoms with E-state index in [4.69, 9.17) is 21.1 Å². The summed E-state index contributed by atoms with van der Waals surface area (Å²) in [5.74, 6) is 1.27. The van der Waals surface area contributed by atoms with Crippen molar-refractivity contribution in [1.82, 2.24) is 14.9 Å². The third-order valence-electron chi connectivity index (χ3n) is 7.45. The molecule has 1 aliphatic heterocycles. The van der Waals surface area contributed by atoms with E-state index in [1.54, 1.807) is 12.1 Å². The molecule has 1 fully saturated rings. The normalized spacial score (nSPS) is 13.9. The number of ether oxygens (including phenoxy) is 2. The van der Waals surface area contributed by atoms with Crippen LogP contribution >= 0.6 is 11.6 Å². The summed E-state index contributed by atoms with van der Waals surface area (Å²) in [5, 5.41) is 6.64. The fourth-order valence-corrected chi connectivity index (χ4v) is 5.42. The largest absolute Gasteiger partial charge is 0.490 e. The predicted octanol–water partition coefficient (Wildman–Crippen LogP) is 8.20. The lowest BCUT2D eigenvalue weighted by Gasteiger charge is -2.36. The second-order valence-electron chi connectivity index (χ2n) is 11.1. The summed E-state index contributed by atoms with van der Waals surface area (Å²) in [4.78, 5) is 13.3. The highest BCUT2D eigenvalue weighted by Gasteiger charge is 2.22. The van der Waals surface area contributed by atoms with Crippen molar-refractivity contribution in [1.29, 1.82) is 0 Å². The molecule has 1 saturated heterocycles. The fraction of sp³-hybridized carbons (Fsp3) is 0.333.